The first-order valence-corrected chi connectivity index (χ1v) is 12.1. The molecule has 0 saturated carbocycles. The fourth-order valence-electron chi connectivity index (χ4n) is 4.82. The van der Waals surface area contributed by atoms with E-state index >= 15 is 0 Å². The molecule has 5 nitrogen and oxygen atoms in total. The molecule has 0 unspecified atom stereocenters. The Labute approximate surface area is 207 Å². The zero-order valence-corrected chi connectivity index (χ0v) is 21.5. The van der Waals surface area contributed by atoms with Crippen LogP contribution in [0, 0.1) is 20.8 Å². The van der Waals surface area contributed by atoms with E-state index in [0.29, 0.717) is 0 Å². The maximum absolute atomic E-state index is 6.37. The van der Waals surface area contributed by atoms with Gasteiger partial charge in [-0.2, -0.15) is 0 Å². The van der Waals surface area contributed by atoms with E-state index in [1.165, 1.54) is 22.5 Å². The van der Waals surface area contributed by atoms with Crippen molar-refractivity contribution >= 4 is 28.9 Å². The Morgan fingerprint density at radius 1 is 1.12 bits per heavy atom. The van der Waals surface area contributed by atoms with E-state index in [-0.39, 0.29) is 12.1 Å². The van der Waals surface area contributed by atoms with Gasteiger partial charge in [0.1, 0.15) is 0 Å². The number of nitrogens with one attached hydrogen (secondary N) is 1. The minimum Gasteiger partial charge on any atom is -0.352 e. The van der Waals surface area contributed by atoms with Crippen molar-refractivity contribution in [3.8, 4) is 5.69 Å². The number of aromatic nitrogens is 2. The van der Waals surface area contributed by atoms with Gasteiger partial charge in [-0.05, 0) is 102 Å². The van der Waals surface area contributed by atoms with E-state index < -0.39 is 0 Å². The normalized spacial score (nSPS) is 18.3. The first kappa shape index (κ1) is 23.7. The second kappa shape index (κ2) is 9.84. The first-order chi connectivity index (χ1) is 15.8. The largest absolute Gasteiger partial charge is 0.352 e. The van der Waals surface area contributed by atoms with Crippen LogP contribution in [0.4, 0.5) is 0 Å². The molecule has 174 valence electrons. The molecule has 2 aromatic heterocycles. The minimum atomic E-state index is -0.00698. The van der Waals surface area contributed by atoms with E-state index in [9.17, 15) is 0 Å². The predicted octanol–water partition coefficient (Wildman–Crippen LogP) is 5.38. The smallest absolute Gasteiger partial charge is 0.170 e. The molecule has 1 aliphatic heterocycles. The van der Waals surface area contributed by atoms with Gasteiger partial charge in [-0.25, -0.2) is 0 Å². The molecule has 7 heteroatoms. The van der Waals surface area contributed by atoms with Crippen LogP contribution in [-0.2, 0) is 0 Å². The number of hydrogen-bond donors (Lipinski definition) is 1. The topological polar surface area (TPSA) is 36.3 Å². The third-order valence-corrected chi connectivity index (χ3v) is 6.99. The summed E-state index contributed by atoms with van der Waals surface area (Å²) in [7, 11) is 4.21. The van der Waals surface area contributed by atoms with Crippen LogP contribution in [0.3, 0.4) is 0 Å². The number of pyridine rings is 1. The van der Waals surface area contributed by atoms with Gasteiger partial charge >= 0.3 is 0 Å². The highest BCUT2D eigenvalue weighted by molar-refractivity contribution is 7.80. The lowest BCUT2D eigenvalue weighted by Crippen LogP contribution is -2.32. The molecule has 0 radical (unpaired) electrons. The molecule has 3 heterocycles. The van der Waals surface area contributed by atoms with Gasteiger partial charge in [-0.3, -0.25) is 4.98 Å². The second-order valence-electron chi connectivity index (χ2n) is 9.07. The molecule has 2 atom stereocenters. The van der Waals surface area contributed by atoms with Crippen LogP contribution in [0.5, 0.6) is 0 Å². The van der Waals surface area contributed by atoms with Crippen molar-refractivity contribution < 1.29 is 0 Å². The van der Waals surface area contributed by atoms with Gasteiger partial charge < -0.3 is 19.7 Å². The average molecular weight is 482 g/mol. The predicted molar refractivity (Wildman–Crippen MR) is 140 cm³/mol. The highest BCUT2D eigenvalue weighted by atomic mass is 35.5. The lowest BCUT2D eigenvalue weighted by molar-refractivity contribution is 0.292. The van der Waals surface area contributed by atoms with Crippen LogP contribution in [0.25, 0.3) is 5.69 Å². The summed E-state index contributed by atoms with van der Waals surface area (Å²) in [5.41, 5.74) is 6.96. The van der Waals surface area contributed by atoms with Crippen molar-refractivity contribution in [1.29, 1.82) is 0 Å². The van der Waals surface area contributed by atoms with Crippen molar-refractivity contribution in [3.63, 3.8) is 0 Å². The maximum Gasteiger partial charge on any atom is 0.170 e. The number of benzene rings is 1. The standard InChI is InChI=1S/C26H32ClN5S/c1-17-10-11-20(27)16-23(17)32-18(2)15-21(19(32)3)25-24(22-9-6-7-12-28-22)29-26(33)31(25)14-8-13-30(4)5/h6-7,9-12,15-16,24-25H,8,13-14H2,1-5H3,(H,29,33)/t24-,25-/m0/s1. The van der Waals surface area contributed by atoms with E-state index in [2.05, 4.69) is 77.7 Å². The Bertz CT molecular complexity index is 1140. The Balaban J connectivity index is 1.80. The number of hydrogen-bond acceptors (Lipinski definition) is 3. The SMILES string of the molecule is Cc1ccc(Cl)cc1-n1c(C)cc([C@H]2[C@H](c3ccccn3)NC(=S)N2CCCN(C)C)c1C. The third kappa shape index (κ3) is 4.79. The molecule has 1 aliphatic rings. The first-order valence-electron chi connectivity index (χ1n) is 11.4. The zero-order valence-electron chi connectivity index (χ0n) is 20.0. The molecule has 3 aromatic rings. The zero-order chi connectivity index (χ0) is 23.7. The van der Waals surface area contributed by atoms with Gasteiger partial charge in [0.05, 0.1) is 17.8 Å². The number of halogens is 1. The minimum absolute atomic E-state index is 0.00698. The Morgan fingerprint density at radius 3 is 2.61 bits per heavy atom. The molecule has 33 heavy (non-hydrogen) atoms. The van der Waals surface area contributed by atoms with Crippen molar-refractivity contribution in [2.75, 3.05) is 27.2 Å². The van der Waals surface area contributed by atoms with Gasteiger partial charge in [0.25, 0.3) is 0 Å². The van der Waals surface area contributed by atoms with E-state index in [1.807, 2.05) is 30.5 Å². The van der Waals surface area contributed by atoms with Crippen molar-refractivity contribution in [3.05, 3.63) is 81.9 Å². The fraction of sp³-hybridized carbons (Fsp3) is 0.385. The average Bonchev–Trinajstić information content (AvgIpc) is 3.25. The summed E-state index contributed by atoms with van der Waals surface area (Å²) in [5, 5.41) is 5.10. The van der Waals surface area contributed by atoms with Crippen LogP contribution in [-0.4, -0.2) is 51.6 Å². The summed E-state index contributed by atoms with van der Waals surface area (Å²) in [6.07, 6.45) is 2.89. The maximum atomic E-state index is 6.37. The molecule has 0 bridgehead atoms. The number of aryl methyl sites for hydroxylation is 2. The van der Waals surface area contributed by atoms with Crippen molar-refractivity contribution in [2.45, 2.75) is 39.3 Å². The third-order valence-electron chi connectivity index (χ3n) is 6.40. The van der Waals surface area contributed by atoms with Gasteiger partial charge in [0, 0.05) is 34.8 Å². The molecule has 0 amide bonds. The Kier molecular flexibility index (Phi) is 7.07. The van der Waals surface area contributed by atoms with Crippen LogP contribution >= 0.6 is 23.8 Å². The number of thiocarbonyl (C=S) groups is 1. The van der Waals surface area contributed by atoms with Gasteiger partial charge in [-0.15, -0.1) is 0 Å². The van der Waals surface area contributed by atoms with Gasteiger partial charge in [-0.1, -0.05) is 23.7 Å². The molecular formula is C26H32ClN5S. The van der Waals surface area contributed by atoms with Crippen molar-refractivity contribution in [1.82, 2.24) is 24.7 Å². The molecule has 4 rings (SSSR count). The molecule has 1 aromatic carbocycles. The summed E-state index contributed by atoms with van der Waals surface area (Å²) < 4.78 is 2.31. The lowest BCUT2D eigenvalue weighted by atomic mass is 9.96. The summed E-state index contributed by atoms with van der Waals surface area (Å²) in [6, 6.07) is 14.5. The van der Waals surface area contributed by atoms with Crippen LogP contribution in [0.15, 0.2) is 48.7 Å². The monoisotopic (exact) mass is 481 g/mol. The lowest BCUT2D eigenvalue weighted by Gasteiger charge is -2.28. The van der Waals surface area contributed by atoms with Crippen LogP contribution in [0.1, 0.15) is 46.7 Å². The summed E-state index contributed by atoms with van der Waals surface area (Å²) >= 11 is 12.2. The Hall–Kier alpha value is -2.41. The Morgan fingerprint density at radius 2 is 1.91 bits per heavy atom. The van der Waals surface area contributed by atoms with E-state index in [1.54, 1.807) is 0 Å². The fourth-order valence-corrected chi connectivity index (χ4v) is 5.32. The number of nitrogens with zero attached hydrogens (tertiary/aromatic N) is 4. The summed E-state index contributed by atoms with van der Waals surface area (Å²) in [4.78, 5) is 9.23. The van der Waals surface area contributed by atoms with Crippen molar-refractivity contribution in [2.24, 2.45) is 0 Å². The molecule has 1 N–H and O–H groups in total. The molecule has 1 fully saturated rings. The van der Waals surface area contributed by atoms with Crippen LogP contribution < -0.4 is 5.32 Å². The summed E-state index contributed by atoms with van der Waals surface area (Å²) in [5.74, 6) is 0. The number of rotatable bonds is 7. The quantitative estimate of drug-likeness (QED) is 0.459. The highest BCUT2D eigenvalue weighted by Crippen LogP contribution is 2.41. The second-order valence-corrected chi connectivity index (χ2v) is 9.89. The molecule has 0 aliphatic carbocycles. The summed E-state index contributed by atoms with van der Waals surface area (Å²) in [6.45, 7) is 8.38. The molecule has 0 spiro atoms. The van der Waals surface area contributed by atoms with Gasteiger partial charge in [0.15, 0.2) is 5.11 Å². The van der Waals surface area contributed by atoms with Gasteiger partial charge in [0.2, 0.25) is 0 Å². The van der Waals surface area contributed by atoms with Crippen LogP contribution in [0.2, 0.25) is 5.02 Å². The van der Waals surface area contributed by atoms with E-state index in [0.717, 1.165) is 41.0 Å². The molecule has 1 saturated heterocycles. The van der Waals surface area contributed by atoms with E-state index in [4.69, 9.17) is 23.8 Å². The molecular weight excluding hydrogens is 450 g/mol. The highest BCUT2D eigenvalue weighted by Gasteiger charge is 2.41.